The number of rotatable bonds is 10. The molecule has 38 heavy (non-hydrogen) atoms. The summed E-state index contributed by atoms with van der Waals surface area (Å²) in [5.41, 5.74) is 0. The first kappa shape index (κ1) is 27.9. The Morgan fingerprint density at radius 1 is 0.868 bits per heavy atom. The fourth-order valence-electron chi connectivity index (χ4n) is 4.75. The molecule has 5 heterocycles. The Balaban J connectivity index is 0.000000204. The molecule has 2 aliphatic rings. The van der Waals surface area contributed by atoms with Gasteiger partial charge < -0.3 is 20.9 Å². The number of likely N-dealkylation sites (tertiary alicyclic amines) is 1. The molecule has 0 bridgehead atoms. The third kappa shape index (κ3) is 9.98. The van der Waals surface area contributed by atoms with Crippen LogP contribution in [0.2, 0.25) is 0 Å². The zero-order valence-electron chi connectivity index (χ0n) is 22.1. The van der Waals surface area contributed by atoms with Crippen molar-refractivity contribution in [3.8, 4) is 0 Å². The van der Waals surface area contributed by atoms with E-state index in [1.54, 1.807) is 36.1 Å². The van der Waals surface area contributed by atoms with Crippen LogP contribution in [0.1, 0.15) is 43.4 Å². The van der Waals surface area contributed by atoms with Gasteiger partial charge in [0.25, 0.3) is 0 Å². The molecule has 2 fully saturated rings. The van der Waals surface area contributed by atoms with E-state index in [0.29, 0.717) is 24.2 Å². The summed E-state index contributed by atoms with van der Waals surface area (Å²) in [5.74, 6) is 3.09. The molecule has 204 valence electrons. The van der Waals surface area contributed by atoms with Crippen LogP contribution in [0.4, 0.5) is 11.9 Å². The lowest BCUT2D eigenvalue weighted by Gasteiger charge is -2.32. The Morgan fingerprint density at radius 3 is 2.00 bits per heavy atom. The van der Waals surface area contributed by atoms with E-state index >= 15 is 0 Å². The Labute approximate surface area is 229 Å². The SMILES string of the molecule is O=C(CCCc1cccs1)N1CCC(CNc2ncccn2)CC1.c1cnc(NCC2CCNCC2)nc1. The van der Waals surface area contributed by atoms with Gasteiger partial charge in [-0.05, 0) is 87.0 Å². The number of aryl methyl sites for hydroxylation is 1. The zero-order chi connectivity index (χ0) is 26.3. The van der Waals surface area contributed by atoms with Gasteiger partial charge >= 0.3 is 0 Å². The van der Waals surface area contributed by atoms with E-state index in [1.807, 2.05) is 17.0 Å². The summed E-state index contributed by atoms with van der Waals surface area (Å²) in [6.45, 7) is 5.90. The molecule has 1 amide bonds. The lowest BCUT2D eigenvalue weighted by Crippen LogP contribution is -2.39. The maximum absolute atomic E-state index is 12.3. The number of anilines is 2. The van der Waals surface area contributed by atoms with Crippen LogP contribution >= 0.6 is 11.3 Å². The summed E-state index contributed by atoms with van der Waals surface area (Å²) in [5, 5.41) is 12.0. The highest BCUT2D eigenvalue weighted by molar-refractivity contribution is 7.09. The van der Waals surface area contributed by atoms with Gasteiger partial charge in [0.15, 0.2) is 0 Å². The fraction of sp³-hybridized carbons (Fsp3) is 0.536. The Morgan fingerprint density at radius 2 is 1.45 bits per heavy atom. The van der Waals surface area contributed by atoms with Crippen molar-refractivity contribution in [2.45, 2.75) is 44.9 Å². The highest BCUT2D eigenvalue weighted by Crippen LogP contribution is 2.19. The normalized spacial score (nSPS) is 16.4. The molecule has 0 unspecified atom stereocenters. The maximum atomic E-state index is 12.3. The minimum absolute atomic E-state index is 0.310. The topological polar surface area (TPSA) is 108 Å². The minimum atomic E-state index is 0.310. The molecule has 2 saturated heterocycles. The summed E-state index contributed by atoms with van der Waals surface area (Å²) in [7, 11) is 0. The van der Waals surface area contributed by atoms with Crippen LogP contribution in [-0.2, 0) is 11.2 Å². The standard InChI is InChI=1S/C18H24N4OS.C10H16N4/c23-17(6-1-4-16-5-2-13-24-16)22-11-7-15(8-12-22)14-21-18-19-9-3-10-20-18;1-4-12-10(13-5-1)14-8-9-2-6-11-7-3-9/h2-3,5,9-10,13,15H,1,4,6-8,11-12,14H2,(H,19,20,21);1,4-5,9,11H,2-3,6-8H2,(H,12,13,14). The first-order chi connectivity index (χ1) is 18.8. The lowest BCUT2D eigenvalue weighted by molar-refractivity contribution is -0.132. The molecule has 10 heteroatoms. The quantitative estimate of drug-likeness (QED) is 0.356. The van der Waals surface area contributed by atoms with E-state index in [2.05, 4.69) is 53.4 Å². The Bertz CT molecular complexity index is 1020. The van der Waals surface area contributed by atoms with Gasteiger partial charge in [-0.1, -0.05) is 6.07 Å². The third-order valence-electron chi connectivity index (χ3n) is 7.05. The lowest BCUT2D eigenvalue weighted by atomic mass is 9.96. The van der Waals surface area contributed by atoms with E-state index in [4.69, 9.17) is 0 Å². The van der Waals surface area contributed by atoms with E-state index < -0.39 is 0 Å². The number of carbonyl (C=O) groups is 1. The second kappa shape index (κ2) is 16.0. The van der Waals surface area contributed by atoms with Gasteiger partial charge in [-0.15, -0.1) is 11.3 Å². The van der Waals surface area contributed by atoms with Crippen molar-refractivity contribution in [1.29, 1.82) is 0 Å². The number of carbonyl (C=O) groups excluding carboxylic acids is 1. The molecule has 0 aromatic carbocycles. The van der Waals surface area contributed by atoms with Gasteiger partial charge in [-0.3, -0.25) is 4.79 Å². The molecular weight excluding hydrogens is 496 g/mol. The monoisotopic (exact) mass is 536 g/mol. The van der Waals surface area contributed by atoms with Gasteiger partial charge in [0.05, 0.1) is 0 Å². The molecule has 3 aromatic heterocycles. The fourth-order valence-corrected chi connectivity index (χ4v) is 5.50. The number of hydrogen-bond donors (Lipinski definition) is 3. The van der Waals surface area contributed by atoms with Crippen molar-refractivity contribution in [3.05, 3.63) is 59.3 Å². The van der Waals surface area contributed by atoms with Gasteiger partial charge in [0.1, 0.15) is 0 Å². The first-order valence-electron chi connectivity index (χ1n) is 13.8. The van der Waals surface area contributed by atoms with Crippen molar-refractivity contribution in [1.82, 2.24) is 30.2 Å². The predicted molar refractivity (Wildman–Crippen MR) is 153 cm³/mol. The van der Waals surface area contributed by atoms with Gasteiger partial charge in [0.2, 0.25) is 17.8 Å². The number of aromatic nitrogens is 4. The maximum Gasteiger partial charge on any atom is 0.222 e. The Kier molecular flexibility index (Phi) is 11.7. The molecule has 9 nitrogen and oxygen atoms in total. The molecule has 0 radical (unpaired) electrons. The predicted octanol–water partition coefficient (Wildman–Crippen LogP) is 4.10. The summed E-state index contributed by atoms with van der Waals surface area (Å²) >= 11 is 1.77. The molecule has 0 atom stereocenters. The van der Waals surface area contributed by atoms with Gasteiger partial charge in [-0.2, -0.15) is 0 Å². The van der Waals surface area contributed by atoms with Crippen LogP contribution in [0, 0.1) is 11.8 Å². The molecule has 0 spiro atoms. The Hall–Kier alpha value is -3.11. The smallest absolute Gasteiger partial charge is 0.222 e. The molecule has 2 aliphatic heterocycles. The van der Waals surface area contributed by atoms with Crippen LogP contribution in [-0.4, -0.2) is 70.0 Å². The van der Waals surface area contributed by atoms with Crippen LogP contribution in [0.5, 0.6) is 0 Å². The zero-order valence-corrected chi connectivity index (χ0v) is 22.9. The summed E-state index contributed by atoms with van der Waals surface area (Å²) in [6.07, 6.45) is 14.2. The molecule has 0 aliphatic carbocycles. The van der Waals surface area contributed by atoms with Gasteiger partial charge in [0, 0.05) is 62.3 Å². The van der Waals surface area contributed by atoms with Crippen molar-refractivity contribution in [2.24, 2.45) is 11.8 Å². The summed E-state index contributed by atoms with van der Waals surface area (Å²) in [6, 6.07) is 7.86. The van der Waals surface area contributed by atoms with E-state index in [0.717, 1.165) is 76.8 Å². The van der Waals surface area contributed by atoms with Crippen LogP contribution < -0.4 is 16.0 Å². The second-order valence-corrected chi connectivity index (χ2v) is 10.9. The molecule has 5 rings (SSSR count). The highest BCUT2D eigenvalue weighted by atomic mass is 32.1. The number of nitrogens with zero attached hydrogens (tertiary/aromatic N) is 5. The number of nitrogens with one attached hydrogen (secondary N) is 3. The molecular formula is C28H40N8OS. The average Bonchev–Trinajstić information content (AvgIpc) is 3.51. The van der Waals surface area contributed by atoms with Crippen LogP contribution in [0.25, 0.3) is 0 Å². The van der Waals surface area contributed by atoms with Crippen LogP contribution in [0.3, 0.4) is 0 Å². The van der Waals surface area contributed by atoms with Crippen molar-refractivity contribution < 1.29 is 4.79 Å². The number of amides is 1. The molecule has 0 saturated carbocycles. The van der Waals surface area contributed by atoms with Crippen molar-refractivity contribution in [2.75, 3.05) is 49.9 Å². The number of piperidine rings is 2. The summed E-state index contributed by atoms with van der Waals surface area (Å²) in [4.78, 5) is 32.3. The molecule has 3 aromatic rings. The van der Waals surface area contributed by atoms with Crippen molar-refractivity contribution >= 4 is 29.1 Å². The third-order valence-corrected chi connectivity index (χ3v) is 7.99. The summed E-state index contributed by atoms with van der Waals surface area (Å²) < 4.78 is 0. The minimum Gasteiger partial charge on any atom is -0.354 e. The number of thiophene rings is 1. The first-order valence-corrected chi connectivity index (χ1v) is 14.7. The molecule has 3 N–H and O–H groups in total. The van der Waals surface area contributed by atoms with Crippen molar-refractivity contribution in [3.63, 3.8) is 0 Å². The highest BCUT2D eigenvalue weighted by Gasteiger charge is 2.22. The van der Waals surface area contributed by atoms with Crippen LogP contribution in [0.15, 0.2) is 54.4 Å². The van der Waals surface area contributed by atoms with E-state index in [9.17, 15) is 4.79 Å². The largest absolute Gasteiger partial charge is 0.354 e. The van der Waals surface area contributed by atoms with Gasteiger partial charge in [-0.25, -0.2) is 19.9 Å². The average molecular weight is 537 g/mol. The number of hydrogen-bond acceptors (Lipinski definition) is 9. The van der Waals surface area contributed by atoms with E-state index in [-0.39, 0.29) is 0 Å². The second-order valence-electron chi connectivity index (χ2n) is 9.86. The van der Waals surface area contributed by atoms with E-state index in [1.165, 1.54) is 17.7 Å².